The van der Waals surface area contributed by atoms with Crippen molar-refractivity contribution in [2.24, 2.45) is 0 Å². The van der Waals surface area contributed by atoms with Gasteiger partial charge in [0.05, 0.1) is 27.7 Å². The summed E-state index contributed by atoms with van der Waals surface area (Å²) in [6, 6.07) is 0.707. The van der Waals surface area contributed by atoms with Crippen LogP contribution in [0.15, 0.2) is 12.1 Å². The van der Waals surface area contributed by atoms with Crippen LogP contribution in [0.5, 0.6) is 0 Å². The second kappa shape index (κ2) is 6.68. The molecule has 1 saturated heterocycles. The Morgan fingerprint density at radius 1 is 1.04 bits per heavy atom. The monoisotopic (exact) mass is 398 g/mol. The van der Waals surface area contributed by atoms with Gasteiger partial charge >= 0.3 is 6.18 Å². The van der Waals surface area contributed by atoms with Crippen LogP contribution in [0.4, 0.5) is 30.2 Å². The Kier molecular flexibility index (Phi) is 5.10. The maximum Gasteiger partial charge on any atom is 0.418 e. The summed E-state index contributed by atoms with van der Waals surface area (Å²) in [7, 11) is -3.55. The lowest BCUT2D eigenvalue weighted by Gasteiger charge is -2.35. The smallest absolute Gasteiger partial charge is 0.363 e. The van der Waals surface area contributed by atoms with E-state index in [4.69, 9.17) is 0 Å². The van der Waals surface area contributed by atoms with E-state index in [1.807, 2.05) is 0 Å². The van der Waals surface area contributed by atoms with Crippen LogP contribution in [-0.2, 0) is 16.2 Å². The first-order valence-electron chi connectivity index (χ1n) is 7.06. The molecule has 1 aliphatic heterocycles. The van der Waals surface area contributed by atoms with E-state index in [1.165, 1.54) is 0 Å². The van der Waals surface area contributed by atoms with Gasteiger partial charge < -0.3 is 4.90 Å². The highest BCUT2D eigenvalue weighted by molar-refractivity contribution is 7.88. The van der Waals surface area contributed by atoms with Gasteiger partial charge in [-0.05, 0) is 0 Å². The maximum atomic E-state index is 13.4. The van der Waals surface area contributed by atoms with Crippen molar-refractivity contribution in [2.75, 3.05) is 37.3 Å². The minimum absolute atomic E-state index is 0.162. The fourth-order valence-electron chi connectivity index (χ4n) is 2.64. The standard InChI is InChI=1S/C12H13F3N4O6S/c1-26(24,25)17-4-2-16(3-5-17)11-9(12(13,14)15)6-8(18(20)21)7-10(11)19(22)23/h6-7H,2-5H2,1H3. The summed E-state index contributed by atoms with van der Waals surface area (Å²) in [5.41, 5.74) is -4.42. The minimum Gasteiger partial charge on any atom is -0.363 e. The molecule has 1 aliphatic rings. The summed E-state index contributed by atoms with van der Waals surface area (Å²) < 4.78 is 64.2. The number of piperazine rings is 1. The Morgan fingerprint density at radius 2 is 1.58 bits per heavy atom. The summed E-state index contributed by atoms with van der Waals surface area (Å²) >= 11 is 0. The molecule has 10 nitrogen and oxygen atoms in total. The predicted molar refractivity (Wildman–Crippen MR) is 83.4 cm³/mol. The Labute approximate surface area is 145 Å². The van der Waals surface area contributed by atoms with Crippen LogP contribution in [0.2, 0.25) is 0 Å². The Morgan fingerprint density at radius 3 is 1.96 bits per heavy atom. The summed E-state index contributed by atoms with van der Waals surface area (Å²) in [4.78, 5) is 20.8. The summed E-state index contributed by atoms with van der Waals surface area (Å²) in [5, 5.41) is 22.0. The molecule has 1 aromatic carbocycles. The van der Waals surface area contributed by atoms with E-state index in [0.717, 1.165) is 15.5 Å². The highest BCUT2D eigenvalue weighted by Gasteiger charge is 2.42. The molecule has 1 aromatic rings. The van der Waals surface area contributed by atoms with Gasteiger partial charge in [-0.2, -0.15) is 17.5 Å². The molecule has 144 valence electrons. The van der Waals surface area contributed by atoms with Crippen molar-refractivity contribution in [1.82, 2.24) is 4.31 Å². The minimum atomic E-state index is -5.07. The summed E-state index contributed by atoms with van der Waals surface area (Å²) in [6.07, 6.45) is -4.13. The SMILES string of the molecule is CS(=O)(=O)N1CCN(c2c([N+](=O)[O-])cc([N+](=O)[O-])cc2C(F)(F)F)CC1. The van der Waals surface area contributed by atoms with Gasteiger partial charge in [-0.1, -0.05) is 0 Å². The lowest BCUT2D eigenvalue weighted by atomic mass is 10.1. The van der Waals surface area contributed by atoms with Gasteiger partial charge in [0.15, 0.2) is 0 Å². The first-order chi connectivity index (χ1) is 11.8. The number of nitrogens with zero attached hydrogens (tertiary/aromatic N) is 4. The zero-order valence-corrected chi connectivity index (χ0v) is 14.1. The van der Waals surface area contributed by atoms with E-state index in [-0.39, 0.29) is 32.2 Å². The van der Waals surface area contributed by atoms with Crippen molar-refractivity contribution in [3.63, 3.8) is 0 Å². The van der Waals surface area contributed by atoms with Gasteiger partial charge in [-0.3, -0.25) is 20.2 Å². The molecule has 0 atom stereocenters. The lowest BCUT2D eigenvalue weighted by molar-refractivity contribution is -0.394. The third-order valence-corrected chi connectivity index (χ3v) is 5.11. The van der Waals surface area contributed by atoms with E-state index in [0.29, 0.717) is 6.07 Å². The molecular formula is C12H13F3N4O6S. The van der Waals surface area contributed by atoms with E-state index in [9.17, 15) is 41.8 Å². The van der Waals surface area contributed by atoms with Gasteiger partial charge in [0.1, 0.15) is 5.69 Å². The fraction of sp³-hybridized carbons (Fsp3) is 0.500. The van der Waals surface area contributed by atoms with Crippen molar-refractivity contribution >= 4 is 27.1 Å². The maximum absolute atomic E-state index is 13.4. The van der Waals surface area contributed by atoms with Crippen LogP contribution >= 0.6 is 0 Å². The van der Waals surface area contributed by atoms with Crippen LogP contribution in [-0.4, -0.2) is 55.0 Å². The normalized spacial score (nSPS) is 16.5. The second-order valence-corrected chi connectivity index (χ2v) is 7.50. The first-order valence-corrected chi connectivity index (χ1v) is 8.91. The molecule has 0 spiro atoms. The highest BCUT2D eigenvalue weighted by atomic mass is 32.2. The third kappa shape index (κ3) is 4.01. The summed E-state index contributed by atoms with van der Waals surface area (Å²) in [6.45, 7) is -0.780. The average molecular weight is 398 g/mol. The van der Waals surface area contributed by atoms with Crippen molar-refractivity contribution < 1.29 is 31.4 Å². The van der Waals surface area contributed by atoms with Crippen LogP contribution in [0.3, 0.4) is 0 Å². The van der Waals surface area contributed by atoms with E-state index in [1.54, 1.807) is 0 Å². The van der Waals surface area contributed by atoms with Crippen molar-refractivity contribution in [2.45, 2.75) is 6.18 Å². The molecule has 0 amide bonds. The molecule has 0 saturated carbocycles. The molecule has 26 heavy (non-hydrogen) atoms. The van der Waals surface area contributed by atoms with Gasteiger partial charge in [-0.15, -0.1) is 0 Å². The zero-order chi connectivity index (χ0) is 19.9. The summed E-state index contributed by atoms with van der Waals surface area (Å²) in [5.74, 6) is 0. The van der Waals surface area contributed by atoms with E-state index in [2.05, 4.69) is 0 Å². The number of anilines is 1. The van der Waals surface area contributed by atoms with Crippen LogP contribution in [0.25, 0.3) is 0 Å². The Hall–Kier alpha value is -2.48. The number of hydrogen-bond donors (Lipinski definition) is 0. The van der Waals surface area contributed by atoms with Crippen molar-refractivity contribution in [3.8, 4) is 0 Å². The molecule has 14 heteroatoms. The Balaban J connectivity index is 2.57. The number of benzene rings is 1. The predicted octanol–water partition coefficient (Wildman–Crippen LogP) is 1.60. The number of sulfonamides is 1. The van der Waals surface area contributed by atoms with Crippen molar-refractivity contribution in [3.05, 3.63) is 37.9 Å². The molecule has 0 radical (unpaired) electrons. The lowest BCUT2D eigenvalue weighted by Crippen LogP contribution is -2.49. The number of halogens is 3. The van der Waals surface area contributed by atoms with Crippen LogP contribution in [0.1, 0.15) is 5.56 Å². The molecular weight excluding hydrogens is 385 g/mol. The molecule has 0 unspecified atom stereocenters. The number of non-ortho nitro benzene ring substituents is 1. The topological polar surface area (TPSA) is 127 Å². The first kappa shape index (κ1) is 19.8. The van der Waals surface area contributed by atoms with Crippen molar-refractivity contribution in [1.29, 1.82) is 0 Å². The third-order valence-electron chi connectivity index (χ3n) is 3.81. The molecule has 0 N–H and O–H groups in total. The largest absolute Gasteiger partial charge is 0.418 e. The average Bonchev–Trinajstić information content (AvgIpc) is 2.51. The quantitative estimate of drug-likeness (QED) is 0.557. The van der Waals surface area contributed by atoms with Crippen LogP contribution < -0.4 is 4.90 Å². The highest BCUT2D eigenvalue weighted by Crippen LogP contribution is 2.44. The number of rotatable bonds is 4. The van der Waals surface area contributed by atoms with Gasteiger partial charge in [0.25, 0.3) is 11.4 Å². The zero-order valence-electron chi connectivity index (χ0n) is 13.3. The molecule has 0 aromatic heterocycles. The van der Waals surface area contributed by atoms with Gasteiger partial charge in [0, 0.05) is 32.2 Å². The Bertz CT molecular complexity index is 849. The van der Waals surface area contributed by atoms with Gasteiger partial charge in [-0.25, -0.2) is 8.42 Å². The molecule has 0 aliphatic carbocycles. The van der Waals surface area contributed by atoms with Crippen LogP contribution in [0, 0.1) is 20.2 Å². The number of nitro groups is 2. The molecule has 1 heterocycles. The second-order valence-electron chi connectivity index (χ2n) is 5.52. The molecule has 0 bridgehead atoms. The van der Waals surface area contributed by atoms with E-state index < -0.39 is 48.7 Å². The fourth-order valence-corrected chi connectivity index (χ4v) is 3.47. The van der Waals surface area contributed by atoms with Gasteiger partial charge in [0.2, 0.25) is 10.0 Å². The number of hydrogen-bond acceptors (Lipinski definition) is 7. The number of alkyl halides is 3. The number of nitro benzene ring substituents is 2. The van der Waals surface area contributed by atoms with E-state index >= 15 is 0 Å². The molecule has 1 fully saturated rings. The molecule has 2 rings (SSSR count).